The monoisotopic (exact) mass is 199 g/mol. The summed E-state index contributed by atoms with van der Waals surface area (Å²) in [6.45, 7) is 6.45. The van der Waals surface area contributed by atoms with Crippen LogP contribution in [0.25, 0.3) is 0 Å². The molecule has 0 aromatic heterocycles. The van der Waals surface area contributed by atoms with Crippen LogP contribution in [0.5, 0.6) is 0 Å². The van der Waals surface area contributed by atoms with Crippen LogP contribution in [0, 0.1) is 5.92 Å². The van der Waals surface area contributed by atoms with Gasteiger partial charge in [0.1, 0.15) is 0 Å². The van der Waals surface area contributed by atoms with Crippen LogP contribution in [0.15, 0.2) is 11.8 Å². The summed E-state index contributed by atoms with van der Waals surface area (Å²) in [5.74, 6) is 0.194. The molecule has 2 N–H and O–H groups in total. The van der Waals surface area contributed by atoms with Crippen molar-refractivity contribution in [1.82, 2.24) is 0 Å². The van der Waals surface area contributed by atoms with E-state index in [-0.39, 0.29) is 5.97 Å². The van der Waals surface area contributed by atoms with Crippen molar-refractivity contribution in [3.63, 3.8) is 0 Å². The fourth-order valence-electron chi connectivity index (χ4n) is 1.39. The Balaban J connectivity index is 3.92. The van der Waals surface area contributed by atoms with Gasteiger partial charge in [-0.1, -0.05) is 26.7 Å². The first kappa shape index (κ1) is 13.0. The molecule has 3 heteroatoms. The van der Waals surface area contributed by atoms with Gasteiger partial charge in [0.25, 0.3) is 0 Å². The number of ether oxygens (including phenoxy) is 1. The molecule has 0 aliphatic heterocycles. The minimum Gasteiger partial charge on any atom is -0.463 e. The second-order valence-electron chi connectivity index (χ2n) is 3.57. The van der Waals surface area contributed by atoms with E-state index in [1.807, 2.05) is 0 Å². The molecule has 14 heavy (non-hydrogen) atoms. The Hall–Kier alpha value is -0.990. The van der Waals surface area contributed by atoms with Crippen LogP contribution in [0.3, 0.4) is 0 Å². The molecule has 0 unspecified atom stereocenters. The number of carbonyl (C=O) groups is 1. The average molecular weight is 199 g/mol. The van der Waals surface area contributed by atoms with Crippen LogP contribution in [-0.2, 0) is 9.53 Å². The van der Waals surface area contributed by atoms with Gasteiger partial charge in [-0.25, -0.2) is 4.79 Å². The summed E-state index contributed by atoms with van der Waals surface area (Å²) in [6, 6.07) is 0. The lowest BCUT2D eigenvalue weighted by molar-refractivity contribution is -0.137. The maximum absolute atomic E-state index is 11.0. The second kappa shape index (κ2) is 7.42. The molecular formula is C11H21NO2. The Morgan fingerprint density at radius 2 is 2.14 bits per heavy atom. The third kappa shape index (κ3) is 6.52. The van der Waals surface area contributed by atoms with E-state index < -0.39 is 0 Å². The highest BCUT2D eigenvalue weighted by molar-refractivity contribution is 5.82. The van der Waals surface area contributed by atoms with Crippen molar-refractivity contribution >= 4 is 5.97 Å². The predicted molar refractivity (Wildman–Crippen MR) is 57.6 cm³/mol. The van der Waals surface area contributed by atoms with Crippen LogP contribution in [-0.4, -0.2) is 12.6 Å². The zero-order valence-electron chi connectivity index (χ0n) is 9.38. The van der Waals surface area contributed by atoms with E-state index >= 15 is 0 Å². The number of nitrogens with two attached hydrogens (primary N) is 1. The van der Waals surface area contributed by atoms with Gasteiger partial charge in [-0.05, 0) is 19.3 Å². The molecule has 0 bridgehead atoms. The Morgan fingerprint density at radius 3 is 2.64 bits per heavy atom. The van der Waals surface area contributed by atoms with Crippen LogP contribution < -0.4 is 5.73 Å². The van der Waals surface area contributed by atoms with Crippen LogP contribution in [0.1, 0.15) is 40.0 Å². The fourth-order valence-corrected chi connectivity index (χ4v) is 1.39. The lowest BCUT2D eigenvalue weighted by Crippen LogP contribution is -2.08. The Labute approximate surface area is 86.3 Å². The number of allylic oxidation sites excluding steroid dienone is 1. The molecule has 0 aliphatic rings. The summed E-state index contributed by atoms with van der Waals surface area (Å²) in [5, 5.41) is 0. The molecule has 82 valence electrons. The lowest BCUT2D eigenvalue weighted by atomic mass is 10.0. The molecule has 0 saturated carbocycles. The quantitative estimate of drug-likeness (QED) is 0.527. The van der Waals surface area contributed by atoms with Crippen molar-refractivity contribution in [2.45, 2.75) is 40.0 Å². The zero-order valence-corrected chi connectivity index (χ0v) is 9.38. The van der Waals surface area contributed by atoms with Gasteiger partial charge < -0.3 is 10.5 Å². The third-order valence-corrected chi connectivity index (χ3v) is 1.96. The lowest BCUT2D eigenvalue weighted by Gasteiger charge is -2.09. The maximum atomic E-state index is 11.0. The molecule has 0 saturated heterocycles. The number of esters is 1. The van der Waals surface area contributed by atoms with E-state index in [4.69, 9.17) is 10.5 Å². The second-order valence-corrected chi connectivity index (χ2v) is 3.57. The smallest absolute Gasteiger partial charge is 0.332 e. The van der Waals surface area contributed by atoms with E-state index in [0.717, 1.165) is 19.3 Å². The minimum absolute atomic E-state index is 0.339. The summed E-state index contributed by atoms with van der Waals surface area (Å²) in [6.07, 6.45) is 4.44. The zero-order chi connectivity index (χ0) is 11.0. The van der Waals surface area contributed by atoms with Crippen molar-refractivity contribution in [3.05, 3.63) is 11.8 Å². The van der Waals surface area contributed by atoms with Gasteiger partial charge in [-0.2, -0.15) is 0 Å². The standard InChI is InChI=1S/C11H21NO2/c1-4-6-9(3)7-10(12)8-11(13)14-5-2/h8-9H,4-7,12H2,1-3H3/b10-8+/t9-/m1/s1. The Bertz CT molecular complexity index is 199. The highest BCUT2D eigenvalue weighted by Crippen LogP contribution is 2.13. The molecule has 0 amide bonds. The molecular weight excluding hydrogens is 178 g/mol. The van der Waals surface area contributed by atoms with Gasteiger partial charge in [-0.15, -0.1) is 0 Å². The van der Waals surface area contributed by atoms with Crippen molar-refractivity contribution in [1.29, 1.82) is 0 Å². The molecule has 0 aromatic carbocycles. The summed E-state index contributed by atoms with van der Waals surface area (Å²) in [7, 11) is 0. The first-order valence-electron chi connectivity index (χ1n) is 5.22. The largest absolute Gasteiger partial charge is 0.463 e. The highest BCUT2D eigenvalue weighted by Gasteiger charge is 2.04. The van der Waals surface area contributed by atoms with Crippen molar-refractivity contribution in [3.8, 4) is 0 Å². The fraction of sp³-hybridized carbons (Fsp3) is 0.727. The predicted octanol–water partition coefficient (Wildman–Crippen LogP) is 2.22. The molecule has 1 atom stereocenters. The number of hydrogen-bond acceptors (Lipinski definition) is 3. The Morgan fingerprint density at radius 1 is 1.50 bits per heavy atom. The summed E-state index contributed by atoms with van der Waals surface area (Å²) < 4.78 is 4.76. The molecule has 0 aromatic rings. The highest BCUT2D eigenvalue weighted by atomic mass is 16.5. The van der Waals surface area contributed by atoms with Gasteiger partial charge in [0.15, 0.2) is 0 Å². The van der Waals surface area contributed by atoms with Gasteiger partial charge in [0.05, 0.1) is 6.61 Å². The molecule has 3 nitrogen and oxygen atoms in total. The first-order chi connectivity index (χ1) is 6.60. The normalized spacial score (nSPS) is 13.8. The van der Waals surface area contributed by atoms with E-state index in [2.05, 4.69) is 13.8 Å². The number of rotatable bonds is 6. The van der Waals surface area contributed by atoms with Crippen LogP contribution in [0.2, 0.25) is 0 Å². The van der Waals surface area contributed by atoms with Crippen LogP contribution in [0.4, 0.5) is 0 Å². The van der Waals surface area contributed by atoms with Gasteiger partial charge in [0, 0.05) is 11.8 Å². The van der Waals surface area contributed by atoms with E-state index in [0.29, 0.717) is 18.2 Å². The third-order valence-electron chi connectivity index (χ3n) is 1.96. The van der Waals surface area contributed by atoms with Gasteiger partial charge >= 0.3 is 5.97 Å². The summed E-state index contributed by atoms with van der Waals surface area (Å²) in [4.78, 5) is 11.0. The van der Waals surface area contributed by atoms with Crippen molar-refractivity contribution < 1.29 is 9.53 Å². The average Bonchev–Trinajstić information content (AvgIpc) is 2.03. The molecule has 0 radical (unpaired) electrons. The maximum Gasteiger partial charge on any atom is 0.332 e. The van der Waals surface area contributed by atoms with Gasteiger partial charge in [0.2, 0.25) is 0 Å². The van der Waals surface area contributed by atoms with E-state index in [9.17, 15) is 4.79 Å². The molecule has 0 fully saturated rings. The van der Waals surface area contributed by atoms with Gasteiger partial charge in [-0.3, -0.25) is 0 Å². The van der Waals surface area contributed by atoms with E-state index in [1.165, 1.54) is 6.08 Å². The summed E-state index contributed by atoms with van der Waals surface area (Å²) in [5.41, 5.74) is 6.31. The Kier molecular flexibility index (Phi) is 6.89. The van der Waals surface area contributed by atoms with Crippen molar-refractivity contribution in [2.24, 2.45) is 11.7 Å². The minimum atomic E-state index is -0.339. The molecule has 0 spiro atoms. The molecule has 0 aliphatic carbocycles. The summed E-state index contributed by atoms with van der Waals surface area (Å²) >= 11 is 0. The number of carbonyl (C=O) groups excluding carboxylic acids is 1. The van der Waals surface area contributed by atoms with Crippen LogP contribution >= 0.6 is 0 Å². The first-order valence-corrected chi connectivity index (χ1v) is 5.22. The topological polar surface area (TPSA) is 52.3 Å². The molecule has 0 rings (SSSR count). The number of hydrogen-bond donors (Lipinski definition) is 1. The van der Waals surface area contributed by atoms with Crippen molar-refractivity contribution in [2.75, 3.05) is 6.61 Å². The van der Waals surface area contributed by atoms with E-state index in [1.54, 1.807) is 6.92 Å². The SMILES string of the molecule is CCC[C@@H](C)C/C(N)=C\C(=O)OCC. The molecule has 0 heterocycles.